The Morgan fingerprint density at radius 1 is 1.11 bits per heavy atom. The van der Waals surface area contributed by atoms with Crippen LogP contribution in [0.25, 0.3) is 11.1 Å². The van der Waals surface area contributed by atoms with Crippen LogP contribution in [0.15, 0.2) is 53.0 Å². The average Bonchev–Trinajstić information content (AvgIpc) is 3.51. The summed E-state index contributed by atoms with van der Waals surface area (Å²) in [7, 11) is 1.31. The minimum Gasteiger partial charge on any atom is -0.486 e. The van der Waals surface area contributed by atoms with E-state index in [4.69, 9.17) is 21.1 Å². The lowest BCUT2D eigenvalue weighted by Crippen LogP contribution is -2.16. The lowest BCUT2D eigenvalue weighted by molar-refractivity contribution is -0.113. The number of aromatic nitrogens is 3. The van der Waals surface area contributed by atoms with Gasteiger partial charge in [-0.2, -0.15) is 0 Å². The predicted octanol–water partition coefficient (Wildman–Crippen LogP) is 6.39. The molecule has 0 bridgehead atoms. The van der Waals surface area contributed by atoms with Crippen molar-refractivity contribution in [3.8, 4) is 16.9 Å². The molecule has 198 valence electrons. The zero-order chi connectivity index (χ0) is 27.2. The number of benzene rings is 2. The number of hydrogen-bond donors (Lipinski definition) is 1. The van der Waals surface area contributed by atoms with Gasteiger partial charge in [-0.1, -0.05) is 41.6 Å². The van der Waals surface area contributed by atoms with E-state index in [0.29, 0.717) is 38.7 Å². The second-order valence-electron chi connectivity index (χ2n) is 8.37. The first-order chi connectivity index (χ1) is 18.3. The summed E-state index contributed by atoms with van der Waals surface area (Å²) in [5.41, 5.74) is 4.13. The molecule has 1 N–H and O–H groups in total. The maximum absolute atomic E-state index is 12.8. The van der Waals surface area contributed by atoms with Crippen molar-refractivity contribution in [1.29, 1.82) is 0 Å². The summed E-state index contributed by atoms with van der Waals surface area (Å²) in [5, 5.41) is 14.8. The SMILES string of the molecule is CCn1c(COc2ccc(C)c(C)c2)nnc1SCC(=O)Nc1scc(-c2ccc(Cl)cc2)c1C(=O)OC. The number of amides is 1. The number of halogens is 1. The second kappa shape index (κ2) is 12.5. The van der Waals surface area contributed by atoms with Gasteiger partial charge in [-0.3, -0.25) is 4.79 Å². The predicted molar refractivity (Wildman–Crippen MR) is 151 cm³/mol. The van der Waals surface area contributed by atoms with Gasteiger partial charge in [0.05, 0.1) is 12.9 Å². The number of methoxy groups -OCH3 is 1. The first-order valence-corrected chi connectivity index (χ1v) is 14.1. The first kappa shape index (κ1) is 27.7. The van der Waals surface area contributed by atoms with Crippen molar-refractivity contribution in [2.75, 3.05) is 18.2 Å². The average molecular weight is 571 g/mol. The zero-order valence-corrected chi connectivity index (χ0v) is 23.8. The maximum Gasteiger partial charge on any atom is 0.341 e. The molecular formula is C27H27ClN4O4S2. The molecule has 8 nitrogen and oxygen atoms in total. The largest absolute Gasteiger partial charge is 0.486 e. The summed E-state index contributed by atoms with van der Waals surface area (Å²) in [4.78, 5) is 25.4. The molecule has 0 spiro atoms. The number of rotatable bonds is 10. The lowest BCUT2D eigenvalue weighted by atomic mass is 10.0. The zero-order valence-electron chi connectivity index (χ0n) is 21.4. The third-order valence-corrected chi connectivity index (χ3v) is 7.99. The van der Waals surface area contributed by atoms with Crippen molar-refractivity contribution in [2.24, 2.45) is 0 Å². The fourth-order valence-corrected chi connectivity index (χ4v) is 5.61. The van der Waals surface area contributed by atoms with Crippen molar-refractivity contribution in [2.45, 2.75) is 39.1 Å². The molecule has 0 atom stereocenters. The Bertz CT molecular complexity index is 1450. The van der Waals surface area contributed by atoms with Gasteiger partial charge < -0.3 is 19.4 Å². The maximum atomic E-state index is 12.8. The lowest BCUT2D eigenvalue weighted by Gasteiger charge is -2.10. The number of carbonyl (C=O) groups is 2. The van der Waals surface area contributed by atoms with Crippen LogP contribution < -0.4 is 10.1 Å². The Morgan fingerprint density at radius 2 is 1.87 bits per heavy atom. The first-order valence-electron chi connectivity index (χ1n) is 11.8. The van der Waals surface area contributed by atoms with E-state index in [2.05, 4.69) is 22.4 Å². The molecule has 0 aliphatic carbocycles. The summed E-state index contributed by atoms with van der Waals surface area (Å²) in [6.45, 7) is 6.98. The molecule has 0 aliphatic rings. The standard InChI is InChI=1S/C27H27ClN4O4S2/c1-5-32-22(13-36-20-11-6-16(2)17(3)12-20)30-31-27(32)38-15-23(33)29-25-24(26(34)35-4)21(14-37-25)18-7-9-19(28)10-8-18/h6-12,14H,5,13,15H2,1-4H3,(H,29,33). The van der Waals surface area contributed by atoms with Crippen LogP contribution >= 0.6 is 34.7 Å². The van der Waals surface area contributed by atoms with Crippen LogP contribution in [-0.4, -0.2) is 39.5 Å². The van der Waals surface area contributed by atoms with Gasteiger partial charge in [0, 0.05) is 22.5 Å². The summed E-state index contributed by atoms with van der Waals surface area (Å²) >= 11 is 8.53. The highest BCUT2D eigenvalue weighted by Gasteiger charge is 2.23. The van der Waals surface area contributed by atoms with Crippen molar-refractivity contribution in [3.05, 3.63) is 75.4 Å². The number of carbonyl (C=O) groups excluding carboxylic acids is 2. The van der Waals surface area contributed by atoms with Crippen LogP contribution in [0, 0.1) is 13.8 Å². The molecule has 4 rings (SSSR count). The van der Waals surface area contributed by atoms with E-state index in [9.17, 15) is 9.59 Å². The molecule has 2 aromatic carbocycles. The van der Waals surface area contributed by atoms with Crippen molar-refractivity contribution in [1.82, 2.24) is 14.8 Å². The summed E-state index contributed by atoms with van der Waals surface area (Å²) in [6.07, 6.45) is 0. The molecule has 0 fully saturated rings. The number of aryl methyl sites for hydroxylation is 2. The molecule has 38 heavy (non-hydrogen) atoms. The van der Waals surface area contributed by atoms with Gasteiger partial charge in [0.2, 0.25) is 5.91 Å². The van der Waals surface area contributed by atoms with Crippen molar-refractivity contribution in [3.63, 3.8) is 0 Å². The number of thioether (sulfide) groups is 1. The normalized spacial score (nSPS) is 10.9. The Hall–Kier alpha value is -3.34. The highest BCUT2D eigenvalue weighted by molar-refractivity contribution is 7.99. The van der Waals surface area contributed by atoms with Crippen LogP contribution in [0.3, 0.4) is 0 Å². The van der Waals surface area contributed by atoms with E-state index in [0.717, 1.165) is 16.9 Å². The molecule has 4 aromatic rings. The van der Waals surface area contributed by atoms with Crippen LogP contribution in [0.4, 0.5) is 5.00 Å². The van der Waals surface area contributed by atoms with E-state index in [1.165, 1.54) is 35.8 Å². The number of ether oxygens (including phenoxy) is 2. The van der Waals surface area contributed by atoms with Gasteiger partial charge in [0.25, 0.3) is 0 Å². The van der Waals surface area contributed by atoms with Gasteiger partial charge in [-0.25, -0.2) is 4.79 Å². The van der Waals surface area contributed by atoms with Crippen molar-refractivity contribution < 1.29 is 19.1 Å². The third-order valence-electron chi connectivity index (χ3n) is 5.88. The summed E-state index contributed by atoms with van der Waals surface area (Å²) in [5.74, 6) is 0.724. The second-order valence-corrected chi connectivity index (χ2v) is 10.6. The minimum absolute atomic E-state index is 0.0882. The molecule has 1 amide bonds. The van der Waals surface area contributed by atoms with Gasteiger partial charge in [0.1, 0.15) is 22.9 Å². The highest BCUT2D eigenvalue weighted by Crippen LogP contribution is 2.36. The van der Waals surface area contributed by atoms with E-state index in [1.807, 2.05) is 54.1 Å². The highest BCUT2D eigenvalue weighted by atomic mass is 35.5. The Morgan fingerprint density at radius 3 is 2.55 bits per heavy atom. The molecule has 0 saturated carbocycles. The van der Waals surface area contributed by atoms with Gasteiger partial charge in [-0.15, -0.1) is 21.5 Å². The van der Waals surface area contributed by atoms with Crippen LogP contribution in [0.1, 0.15) is 34.2 Å². The van der Waals surface area contributed by atoms with Crippen LogP contribution in [-0.2, 0) is 22.7 Å². The number of nitrogens with zero attached hydrogens (tertiary/aromatic N) is 3. The molecule has 2 heterocycles. The summed E-state index contributed by atoms with van der Waals surface area (Å²) in [6, 6.07) is 13.1. The van der Waals surface area contributed by atoms with Gasteiger partial charge >= 0.3 is 5.97 Å². The molecular weight excluding hydrogens is 544 g/mol. The quantitative estimate of drug-likeness (QED) is 0.174. The van der Waals surface area contributed by atoms with Crippen LogP contribution in [0.5, 0.6) is 5.75 Å². The summed E-state index contributed by atoms with van der Waals surface area (Å²) < 4.78 is 12.8. The topological polar surface area (TPSA) is 95.3 Å². The van der Waals surface area contributed by atoms with Crippen LogP contribution in [0.2, 0.25) is 5.02 Å². The molecule has 0 aliphatic heterocycles. The Kier molecular flexibility index (Phi) is 9.09. The fraction of sp³-hybridized carbons (Fsp3) is 0.259. The van der Waals surface area contributed by atoms with E-state index < -0.39 is 5.97 Å². The van der Waals surface area contributed by atoms with E-state index in [-0.39, 0.29) is 18.3 Å². The number of anilines is 1. The molecule has 0 radical (unpaired) electrons. The molecule has 11 heteroatoms. The number of nitrogens with one attached hydrogen (secondary N) is 1. The van der Waals surface area contributed by atoms with Gasteiger partial charge in [-0.05, 0) is 61.7 Å². The molecule has 0 saturated heterocycles. The monoisotopic (exact) mass is 570 g/mol. The smallest absolute Gasteiger partial charge is 0.341 e. The number of esters is 1. The fourth-order valence-electron chi connectivity index (χ4n) is 3.69. The van der Waals surface area contributed by atoms with E-state index in [1.54, 1.807) is 12.1 Å². The minimum atomic E-state index is -0.529. The third kappa shape index (κ3) is 6.38. The number of thiophene rings is 1. The Labute approximate surface area is 234 Å². The molecule has 2 aromatic heterocycles. The Balaban J connectivity index is 1.42. The van der Waals surface area contributed by atoms with E-state index >= 15 is 0 Å². The number of hydrogen-bond acceptors (Lipinski definition) is 8. The molecule has 0 unspecified atom stereocenters. The van der Waals surface area contributed by atoms with Crippen molar-refractivity contribution >= 4 is 51.6 Å². The van der Waals surface area contributed by atoms with Gasteiger partial charge in [0.15, 0.2) is 11.0 Å².